The molecule has 2 heterocycles. The van der Waals surface area contributed by atoms with Gasteiger partial charge in [-0.15, -0.1) is 0 Å². The topological polar surface area (TPSA) is 79.3 Å². The second kappa shape index (κ2) is 8.31. The van der Waals surface area contributed by atoms with Crippen LogP contribution in [0.3, 0.4) is 0 Å². The summed E-state index contributed by atoms with van der Waals surface area (Å²) in [7, 11) is 8.05. The van der Waals surface area contributed by atoms with Crippen molar-refractivity contribution in [1.29, 1.82) is 0 Å². The number of rotatable bonds is 7. The first-order valence-corrected chi connectivity index (χ1v) is 9.52. The van der Waals surface area contributed by atoms with E-state index in [4.69, 9.17) is 13.6 Å². The molecule has 0 fully saturated rings. The minimum atomic E-state index is -0.581. The Hall–Kier alpha value is -2.77. The van der Waals surface area contributed by atoms with Crippen LogP contribution in [0.4, 0.5) is 0 Å². The molecule has 0 bridgehead atoms. The molecule has 29 heavy (non-hydrogen) atoms. The number of hydrogen-bond donors (Lipinski definition) is 1. The predicted octanol–water partition coefficient (Wildman–Crippen LogP) is 3.59. The monoisotopic (exact) mass is 400 g/mol. The summed E-state index contributed by atoms with van der Waals surface area (Å²) in [6, 6.07) is 7.37. The average molecular weight is 400 g/mol. The van der Waals surface area contributed by atoms with E-state index in [1.165, 1.54) is 6.92 Å². The van der Waals surface area contributed by atoms with Crippen molar-refractivity contribution in [3.05, 3.63) is 45.8 Å². The van der Waals surface area contributed by atoms with E-state index in [0.29, 0.717) is 16.9 Å². The van der Waals surface area contributed by atoms with Crippen LogP contribution >= 0.6 is 0 Å². The van der Waals surface area contributed by atoms with Crippen molar-refractivity contribution in [1.82, 2.24) is 9.80 Å². The van der Waals surface area contributed by atoms with Gasteiger partial charge in [0.1, 0.15) is 17.1 Å². The van der Waals surface area contributed by atoms with E-state index in [1.54, 1.807) is 13.0 Å². The van der Waals surface area contributed by atoms with E-state index in [9.17, 15) is 9.90 Å². The summed E-state index contributed by atoms with van der Waals surface area (Å²) in [5.41, 5.74) is 0.714. The molecule has 1 aromatic carbocycles. The number of nitrogens with zero attached hydrogens (tertiary/aromatic N) is 2. The maximum Gasteiger partial charge on any atom is 0.343 e. The Balaban J connectivity index is 1.92. The summed E-state index contributed by atoms with van der Waals surface area (Å²) in [5, 5.41) is 11.0. The summed E-state index contributed by atoms with van der Waals surface area (Å²) < 4.78 is 17.4. The molecule has 1 N–H and O–H groups in total. The predicted molar refractivity (Wildman–Crippen MR) is 113 cm³/mol. The fourth-order valence-electron chi connectivity index (χ4n) is 3.12. The van der Waals surface area contributed by atoms with Crippen LogP contribution in [-0.2, 0) is 0 Å². The fraction of sp³-hybridized carbons (Fsp3) is 0.409. The van der Waals surface area contributed by atoms with Crippen LogP contribution in [0.15, 0.2) is 37.9 Å². The minimum Gasteiger partial charge on any atom is -0.507 e. The smallest absolute Gasteiger partial charge is 0.343 e. The van der Waals surface area contributed by atoms with E-state index in [1.807, 2.05) is 51.3 Å². The van der Waals surface area contributed by atoms with Crippen LogP contribution < -0.4 is 10.4 Å². The number of aromatic hydroxyl groups is 1. The van der Waals surface area contributed by atoms with Crippen molar-refractivity contribution in [2.45, 2.75) is 26.5 Å². The highest BCUT2D eigenvalue weighted by Crippen LogP contribution is 2.34. The van der Waals surface area contributed by atoms with Crippen molar-refractivity contribution in [3.63, 3.8) is 0 Å². The number of furan rings is 1. The lowest BCUT2D eigenvalue weighted by molar-refractivity contribution is 0.0509. The maximum absolute atomic E-state index is 12.0. The van der Waals surface area contributed by atoms with Crippen LogP contribution in [0.1, 0.15) is 17.5 Å². The standard InChI is InChI=1S/C22H28N2O5/c1-13-20(25)14(2)22(26)29-21(13)18-12-15-11-16(7-8-17(15)28-18)27-19(24(5)6)9-10-23(3)4/h7-8,11-12,19,25H,9-10H2,1-6H3. The Bertz CT molecular complexity index is 1060. The molecule has 1 unspecified atom stereocenters. The van der Waals surface area contributed by atoms with E-state index < -0.39 is 5.63 Å². The van der Waals surface area contributed by atoms with Gasteiger partial charge in [0.15, 0.2) is 17.7 Å². The molecule has 0 amide bonds. The molecule has 0 saturated carbocycles. The maximum atomic E-state index is 12.0. The number of ether oxygens (including phenoxy) is 1. The highest BCUT2D eigenvalue weighted by atomic mass is 16.5. The Morgan fingerprint density at radius 3 is 2.45 bits per heavy atom. The normalized spacial score (nSPS) is 12.8. The largest absolute Gasteiger partial charge is 0.507 e. The highest BCUT2D eigenvalue weighted by molar-refractivity contribution is 5.84. The van der Waals surface area contributed by atoms with E-state index in [-0.39, 0.29) is 23.3 Å². The Morgan fingerprint density at radius 2 is 1.79 bits per heavy atom. The van der Waals surface area contributed by atoms with Gasteiger partial charge in [0.2, 0.25) is 0 Å². The van der Waals surface area contributed by atoms with Crippen molar-refractivity contribution in [2.24, 2.45) is 0 Å². The molecule has 0 saturated heterocycles. The zero-order valence-corrected chi connectivity index (χ0v) is 17.8. The highest BCUT2D eigenvalue weighted by Gasteiger charge is 2.19. The van der Waals surface area contributed by atoms with Crippen LogP contribution in [-0.4, -0.2) is 55.9 Å². The lowest BCUT2D eigenvalue weighted by Crippen LogP contribution is -2.36. The minimum absolute atomic E-state index is 0.0597. The van der Waals surface area contributed by atoms with Gasteiger partial charge < -0.3 is 23.6 Å². The van der Waals surface area contributed by atoms with E-state index in [2.05, 4.69) is 4.90 Å². The first-order valence-electron chi connectivity index (χ1n) is 9.52. The van der Waals surface area contributed by atoms with E-state index >= 15 is 0 Å². The molecular weight excluding hydrogens is 372 g/mol. The third-order valence-electron chi connectivity index (χ3n) is 4.93. The molecule has 0 spiro atoms. The van der Waals surface area contributed by atoms with Gasteiger partial charge in [-0.05, 0) is 66.3 Å². The summed E-state index contributed by atoms with van der Waals surface area (Å²) in [6.45, 7) is 4.13. The van der Waals surface area contributed by atoms with Crippen molar-refractivity contribution in [2.75, 3.05) is 34.7 Å². The van der Waals surface area contributed by atoms with Crippen molar-refractivity contribution < 1.29 is 18.7 Å². The zero-order valence-electron chi connectivity index (χ0n) is 17.8. The summed E-state index contributed by atoms with van der Waals surface area (Å²) >= 11 is 0. The van der Waals surface area contributed by atoms with Gasteiger partial charge in [-0.1, -0.05) is 0 Å². The number of benzene rings is 1. The van der Waals surface area contributed by atoms with E-state index in [0.717, 1.165) is 24.1 Å². The van der Waals surface area contributed by atoms with Crippen LogP contribution in [0.2, 0.25) is 0 Å². The first-order chi connectivity index (χ1) is 13.7. The van der Waals surface area contributed by atoms with Crippen LogP contribution in [0, 0.1) is 13.8 Å². The lowest BCUT2D eigenvalue weighted by Gasteiger charge is -2.26. The molecule has 0 aliphatic carbocycles. The molecule has 2 aromatic heterocycles. The SMILES string of the molecule is Cc1c(-c2cc3cc(OC(CCN(C)C)N(C)C)ccc3o2)oc(=O)c(C)c1O. The van der Waals surface area contributed by atoms with Gasteiger partial charge in [0, 0.05) is 23.9 Å². The summed E-state index contributed by atoms with van der Waals surface area (Å²) in [4.78, 5) is 16.1. The first kappa shape index (κ1) is 21.0. The van der Waals surface area contributed by atoms with Gasteiger partial charge in [-0.3, -0.25) is 4.90 Å². The molecule has 7 nitrogen and oxygen atoms in total. The molecule has 1 atom stereocenters. The van der Waals surface area contributed by atoms with Crippen molar-refractivity contribution in [3.8, 4) is 23.0 Å². The van der Waals surface area contributed by atoms with Gasteiger partial charge in [-0.25, -0.2) is 4.79 Å². The molecular formula is C22H28N2O5. The third kappa shape index (κ3) is 4.46. The number of hydrogen-bond acceptors (Lipinski definition) is 7. The molecule has 0 aliphatic rings. The third-order valence-corrected chi connectivity index (χ3v) is 4.93. The average Bonchev–Trinajstić information content (AvgIpc) is 3.08. The quantitative estimate of drug-likeness (QED) is 0.607. The molecule has 156 valence electrons. The molecule has 3 rings (SSSR count). The lowest BCUT2D eigenvalue weighted by atomic mass is 10.1. The van der Waals surface area contributed by atoms with Gasteiger partial charge in [0.05, 0.1) is 5.56 Å². The Morgan fingerprint density at radius 1 is 1.07 bits per heavy atom. The number of fused-ring (bicyclic) bond motifs is 1. The molecule has 3 aromatic rings. The van der Waals surface area contributed by atoms with Gasteiger partial charge in [0.25, 0.3) is 0 Å². The zero-order chi connectivity index (χ0) is 21.3. The summed E-state index contributed by atoms with van der Waals surface area (Å²) in [6.07, 6.45) is 0.803. The molecule has 7 heteroatoms. The van der Waals surface area contributed by atoms with Crippen LogP contribution in [0.5, 0.6) is 11.5 Å². The van der Waals surface area contributed by atoms with Crippen LogP contribution in [0.25, 0.3) is 22.5 Å². The van der Waals surface area contributed by atoms with Gasteiger partial charge >= 0.3 is 5.63 Å². The fourth-order valence-corrected chi connectivity index (χ4v) is 3.12. The molecule has 0 aliphatic heterocycles. The van der Waals surface area contributed by atoms with Gasteiger partial charge in [-0.2, -0.15) is 0 Å². The molecule has 0 radical (unpaired) electrons. The summed E-state index contributed by atoms with van der Waals surface area (Å²) in [5.74, 6) is 1.27. The Labute approximate surface area is 170 Å². The second-order valence-corrected chi connectivity index (χ2v) is 7.76. The second-order valence-electron chi connectivity index (χ2n) is 7.76. The van der Waals surface area contributed by atoms with Crippen molar-refractivity contribution >= 4 is 11.0 Å². The Kier molecular flexibility index (Phi) is 6.00.